The van der Waals surface area contributed by atoms with Gasteiger partial charge in [-0.05, 0) is 36.4 Å². The highest BCUT2D eigenvalue weighted by Crippen LogP contribution is 2.25. The average Bonchev–Trinajstić information content (AvgIpc) is 2.40. The molecule has 0 aliphatic heterocycles. The SMILES string of the molecule is COC(=O)c1cc(N)cc(Oc2ccc(F)cc2)c1. The summed E-state index contributed by atoms with van der Waals surface area (Å²) in [6.07, 6.45) is 0. The van der Waals surface area contributed by atoms with Gasteiger partial charge in [-0.1, -0.05) is 0 Å². The van der Waals surface area contributed by atoms with Crippen molar-refractivity contribution in [2.75, 3.05) is 12.8 Å². The first kappa shape index (κ1) is 12.9. The van der Waals surface area contributed by atoms with Gasteiger partial charge in [-0.3, -0.25) is 0 Å². The van der Waals surface area contributed by atoms with Crippen LogP contribution in [0.1, 0.15) is 10.4 Å². The molecule has 0 saturated carbocycles. The van der Waals surface area contributed by atoms with Crippen LogP contribution in [0.15, 0.2) is 42.5 Å². The minimum absolute atomic E-state index is 0.291. The molecule has 0 heterocycles. The number of rotatable bonds is 3. The molecule has 2 N–H and O–H groups in total. The molecule has 0 unspecified atom stereocenters. The number of carbonyl (C=O) groups excluding carboxylic acids is 1. The second kappa shape index (κ2) is 5.39. The summed E-state index contributed by atoms with van der Waals surface area (Å²) in [4.78, 5) is 11.4. The van der Waals surface area contributed by atoms with Crippen LogP contribution >= 0.6 is 0 Å². The smallest absolute Gasteiger partial charge is 0.338 e. The number of nitrogens with two attached hydrogens (primary N) is 1. The molecule has 0 spiro atoms. The number of hydrogen-bond acceptors (Lipinski definition) is 4. The fourth-order valence-electron chi connectivity index (χ4n) is 1.56. The molecule has 0 aliphatic rings. The van der Waals surface area contributed by atoms with E-state index in [0.717, 1.165) is 0 Å². The first-order valence-electron chi connectivity index (χ1n) is 5.51. The molecule has 0 saturated heterocycles. The Labute approximate surface area is 109 Å². The molecule has 0 aliphatic carbocycles. The third kappa shape index (κ3) is 3.22. The lowest BCUT2D eigenvalue weighted by atomic mass is 10.2. The van der Waals surface area contributed by atoms with Crippen molar-refractivity contribution in [3.63, 3.8) is 0 Å². The highest BCUT2D eigenvalue weighted by molar-refractivity contribution is 5.91. The molecule has 0 fully saturated rings. The molecule has 0 atom stereocenters. The Morgan fingerprint density at radius 3 is 2.42 bits per heavy atom. The molecular weight excluding hydrogens is 249 g/mol. The number of esters is 1. The first-order valence-corrected chi connectivity index (χ1v) is 5.51. The van der Waals surface area contributed by atoms with Crippen molar-refractivity contribution in [2.45, 2.75) is 0 Å². The number of carbonyl (C=O) groups is 1. The molecule has 0 bridgehead atoms. The number of halogens is 1. The maximum Gasteiger partial charge on any atom is 0.338 e. The lowest BCUT2D eigenvalue weighted by molar-refractivity contribution is 0.0600. The third-order valence-corrected chi connectivity index (χ3v) is 2.40. The van der Waals surface area contributed by atoms with Crippen LogP contribution in [0.4, 0.5) is 10.1 Å². The molecule has 2 aromatic rings. The Morgan fingerprint density at radius 1 is 1.11 bits per heavy atom. The van der Waals surface area contributed by atoms with Crippen LogP contribution in [0.5, 0.6) is 11.5 Å². The Kier molecular flexibility index (Phi) is 3.66. The molecule has 5 heteroatoms. The van der Waals surface area contributed by atoms with Crippen LogP contribution in [0, 0.1) is 5.82 Å². The molecule has 0 aromatic heterocycles. The van der Waals surface area contributed by atoms with Crippen molar-refractivity contribution in [1.29, 1.82) is 0 Å². The molecule has 0 radical (unpaired) electrons. The van der Waals surface area contributed by atoms with E-state index in [1.54, 1.807) is 6.07 Å². The van der Waals surface area contributed by atoms with Gasteiger partial charge in [-0.15, -0.1) is 0 Å². The molecule has 2 aromatic carbocycles. The standard InChI is InChI=1S/C14H12FNO3/c1-18-14(17)9-6-11(16)8-13(7-9)19-12-4-2-10(15)3-5-12/h2-8H,16H2,1H3. The van der Waals surface area contributed by atoms with Crippen LogP contribution in [-0.2, 0) is 4.74 Å². The summed E-state index contributed by atoms with van der Waals surface area (Å²) in [6.45, 7) is 0. The molecule has 98 valence electrons. The third-order valence-electron chi connectivity index (χ3n) is 2.40. The maximum atomic E-state index is 12.8. The molecule has 2 rings (SSSR count). The van der Waals surface area contributed by atoms with Gasteiger partial charge >= 0.3 is 5.97 Å². The van der Waals surface area contributed by atoms with Crippen molar-refractivity contribution >= 4 is 11.7 Å². The van der Waals surface area contributed by atoms with Crippen molar-refractivity contribution in [3.8, 4) is 11.5 Å². The predicted molar refractivity (Wildman–Crippen MR) is 68.7 cm³/mol. The Morgan fingerprint density at radius 2 is 1.79 bits per heavy atom. The summed E-state index contributed by atoms with van der Waals surface area (Å²) in [5, 5.41) is 0. The fraction of sp³-hybridized carbons (Fsp3) is 0.0714. The van der Waals surface area contributed by atoms with Gasteiger partial charge in [0.2, 0.25) is 0 Å². The van der Waals surface area contributed by atoms with E-state index in [1.165, 1.54) is 43.5 Å². The van der Waals surface area contributed by atoms with Gasteiger partial charge in [-0.2, -0.15) is 0 Å². The van der Waals surface area contributed by atoms with Gasteiger partial charge in [0.15, 0.2) is 0 Å². The van der Waals surface area contributed by atoms with E-state index in [1.807, 2.05) is 0 Å². The van der Waals surface area contributed by atoms with E-state index < -0.39 is 5.97 Å². The van der Waals surface area contributed by atoms with E-state index >= 15 is 0 Å². The van der Waals surface area contributed by atoms with Gasteiger partial charge in [0, 0.05) is 11.8 Å². The highest BCUT2D eigenvalue weighted by Gasteiger charge is 2.09. The molecule has 0 amide bonds. The monoisotopic (exact) mass is 261 g/mol. The second-order valence-electron chi connectivity index (χ2n) is 3.84. The topological polar surface area (TPSA) is 61.5 Å². The summed E-state index contributed by atoms with van der Waals surface area (Å²) < 4.78 is 22.9. The number of benzene rings is 2. The predicted octanol–water partition coefficient (Wildman–Crippen LogP) is 2.99. The maximum absolute atomic E-state index is 12.8. The molecule has 4 nitrogen and oxygen atoms in total. The Hall–Kier alpha value is -2.56. The fourth-order valence-corrected chi connectivity index (χ4v) is 1.56. The van der Waals surface area contributed by atoms with E-state index in [9.17, 15) is 9.18 Å². The number of hydrogen-bond donors (Lipinski definition) is 1. The normalized spacial score (nSPS) is 10.0. The van der Waals surface area contributed by atoms with Crippen molar-refractivity contribution < 1.29 is 18.7 Å². The van der Waals surface area contributed by atoms with Gasteiger partial charge in [0.25, 0.3) is 0 Å². The van der Waals surface area contributed by atoms with Crippen LogP contribution in [0.25, 0.3) is 0 Å². The van der Waals surface area contributed by atoms with Crippen LogP contribution in [-0.4, -0.2) is 13.1 Å². The number of nitrogen functional groups attached to an aromatic ring is 1. The van der Waals surface area contributed by atoms with Gasteiger partial charge in [-0.25, -0.2) is 9.18 Å². The van der Waals surface area contributed by atoms with Crippen molar-refractivity contribution in [2.24, 2.45) is 0 Å². The van der Waals surface area contributed by atoms with Gasteiger partial charge in [0.05, 0.1) is 12.7 Å². The zero-order valence-corrected chi connectivity index (χ0v) is 10.2. The van der Waals surface area contributed by atoms with Crippen molar-refractivity contribution in [3.05, 3.63) is 53.8 Å². The van der Waals surface area contributed by atoms with Crippen LogP contribution in [0.3, 0.4) is 0 Å². The average molecular weight is 261 g/mol. The number of methoxy groups -OCH3 is 1. The van der Waals surface area contributed by atoms with E-state index in [-0.39, 0.29) is 5.82 Å². The van der Waals surface area contributed by atoms with E-state index in [2.05, 4.69) is 4.74 Å². The first-order chi connectivity index (χ1) is 9.08. The highest BCUT2D eigenvalue weighted by atomic mass is 19.1. The van der Waals surface area contributed by atoms with Crippen LogP contribution < -0.4 is 10.5 Å². The number of ether oxygens (including phenoxy) is 2. The van der Waals surface area contributed by atoms with E-state index in [4.69, 9.17) is 10.5 Å². The summed E-state index contributed by atoms with van der Waals surface area (Å²) >= 11 is 0. The van der Waals surface area contributed by atoms with Gasteiger partial charge < -0.3 is 15.2 Å². The zero-order chi connectivity index (χ0) is 13.8. The van der Waals surface area contributed by atoms with Gasteiger partial charge in [0.1, 0.15) is 17.3 Å². The summed E-state index contributed by atoms with van der Waals surface area (Å²) in [5.74, 6) is -0.0266. The lowest BCUT2D eigenvalue weighted by Gasteiger charge is -2.08. The zero-order valence-electron chi connectivity index (χ0n) is 10.2. The van der Waals surface area contributed by atoms with Crippen LogP contribution in [0.2, 0.25) is 0 Å². The second-order valence-corrected chi connectivity index (χ2v) is 3.84. The summed E-state index contributed by atoms with van der Waals surface area (Å²) in [6, 6.07) is 10.1. The lowest BCUT2D eigenvalue weighted by Crippen LogP contribution is -2.02. The Balaban J connectivity index is 2.27. The largest absolute Gasteiger partial charge is 0.465 e. The molecule has 19 heavy (non-hydrogen) atoms. The Bertz CT molecular complexity index is 596. The quantitative estimate of drug-likeness (QED) is 0.681. The molecular formula is C14H12FNO3. The summed E-state index contributed by atoms with van der Waals surface area (Å²) in [7, 11) is 1.28. The summed E-state index contributed by atoms with van der Waals surface area (Å²) in [5.41, 5.74) is 6.35. The minimum atomic E-state index is -0.503. The number of anilines is 1. The van der Waals surface area contributed by atoms with E-state index in [0.29, 0.717) is 22.7 Å². The minimum Gasteiger partial charge on any atom is -0.465 e. The van der Waals surface area contributed by atoms with Crippen molar-refractivity contribution in [1.82, 2.24) is 0 Å².